The second-order valence-electron chi connectivity index (χ2n) is 9.58. The van der Waals surface area contributed by atoms with Gasteiger partial charge in [0.15, 0.2) is 0 Å². The first-order chi connectivity index (χ1) is 17.9. The van der Waals surface area contributed by atoms with Gasteiger partial charge in [0.1, 0.15) is 0 Å². The summed E-state index contributed by atoms with van der Waals surface area (Å²) in [5, 5.41) is 7.66. The summed E-state index contributed by atoms with van der Waals surface area (Å²) in [7, 11) is 0. The molecule has 7 aromatic rings. The van der Waals surface area contributed by atoms with Crippen molar-refractivity contribution in [1.82, 2.24) is 4.98 Å². The normalized spacial score (nSPS) is 11.9. The number of fused-ring (bicyclic) bond motifs is 6. The molecule has 0 N–H and O–H groups in total. The topological polar surface area (TPSA) is 12.9 Å². The smallest absolute Gasteiger partial charge is 0.0352 e. The van der Waals surface area contributed by atoms with Crippen LogP contribution in [0.1, 0.15) is 0 Å². The van der Waals surface area contributed by atoms with Gasteiger partial charge in [0.2, 0.25) is 0 Å². The van der Waals surface area contributed by atoms with Gasteiger partial charge in [-0.3, -0.25) is 4.98 Å². The Bertz CT molecular complexity index is 1980. The Labute approximate surface area is 209 Å². The number of rotatable bonds is 2. The van der Waals surface area contributed by atoms with Crippen molar-refractivity contribution in [3.63, 3.8) is 0 Å². The molecule has 8 rings (SSSR count). The monoisotopic (exact) mass is 455 g/mol. The van der Waals surface area contributed by atoms with Crippen LogP contribution in [0, 0.1) is 0 Å². The van der Waals surface area contributed by atoms with Gasteiger partial charge >= 0.3 is 0 Å². The maximum Gasteiger partial charge on any atom is 0.0352 e. The quantitative estimate of drug-likeness (QED) is 0.253. The third-order valence-electron chi connectivity index (χ3n) is 7.68. The highest BCUT2D eigenvalue weighted by atomic mass is 14.6. The third-order valence-corrected chi connectivity index (χ3v) is 7.68. The second-order valence-corrected chi connectivity index (χ2v) is 9.58. The lowest BCUT2D eigenvalue weighted by Crippen LogP contribution is -1.88. The molecule has 1 aromatic heterocycles. The van der Waals surface area contributed by atoms with Crippen molar-refractivity contribution < 1.29 is 0 Å². The maximum atomic E-state index is 4.43. The van der Waals surface area contributed by atoms with Gasteiger partial charge in [-0.1, -0.05) is 97.1 Å². The van der Waals surface area contributed by atoms with E-state index in [1.165, 1.54) is 76.8 Å². The molecule has 1 aliphatic carbocycles. The van der Waals surface area contributed by atoms with Gasteiger partial charge in [-0.05, 0) is 89.6 Å². The fourth-order valence-corrected chi connectivity index (χ4v) is 6.09. The van der Waals surface area contributed by atoms with Crippen LogP contribution in [-0.2, 0) is 0 Å². The van der Waals surface area contributed by atoms with E-state index in [0.29, 0.717) is 0 Å². The van der Waals surface area contributed by atoms with Crippen molar-refractivity contribution in [3.8, 4) is 44.5 Å². The van der Waals surface area contributed by atoms with E-state index in [1.54, 1.807) is 0 Å². The number of aromatic nitrogens is 1. The lowest BCUT2D eigenvalue weighted by Gasteiger charge is -2.14. The summed E-state index contributed by atoms with van der Waals surface area (Å²) in [6, 6.07) is 42.1. The Kier molecular flexibility index (Phi) is 4.00. The lowest BCUT2D eigenvalue weighted by molar-refractivity contribution is 1.36. The molecule has 0 atom stereocenters. The minimum absolute atomic E-state index is 1.18. The number of hydrogen-bond donors (Lipinski definition) is 0. The van der Waals surface area contributed by atoms with Crippen LogP contribution in [0.15, 0.2) is 128 Å². The summed E-state index contributed by atoms with van der Waals surface area (Å²) in [5.74, 6) is 0. The predicted octanol–water partition coefficient (Wildman–Crippen LogP) is 9.52. The Morgan fingerprint density at radius 1 is 0.417 bits per heavy atom. The highest BCUT2D eigenvalue weighted by molar-refractivity contribution is 6.23. The minimum atomic E-state index is 1.18. The van der Waals surface area contributed by atoms with Gasteiger partial charge in [0.05, 0.1) is 0 Å². The molecule has 0 bridgehead atoms. The van der Waals surface area contributed by atoms with Crippen molar-refractivity contribution >= 4 is 32.3 Å². The van der Waals surface area contributed by atoms with Crippen LogP contribution in [0.4, 0.5) is 0 Å². The average Bonchev–Trinajstić information content (AvgIpc) is 3.29. The first-order valence-electron chi connectivity index (χ1n) is 12.4. The van der Waals surface area contributed by atoms with Crippen molar-refractivity contribution in [3.05, 3.63) is 128 Å². The molecule has 0 aliphatic heterocycles. The Hall–Kier alpha value is -4.75. The molecule has 0 spiro atoms. The zero-order valence-electron chi connectivity index (χ0n) is 19.6. The fraction of sp³-hybridized carbons (Fsp3) is 0. The van der Waals surface area contributed by atoms with E-state index >= 15 is 0 Å². The lowest BCUT2D eigenvalue weighted by atomic mass is 9.90. The van der Waals surface area contributed by atoms with Gasteiger partial charge in [0, 0.05) is 17.8 Å². The minimum Gasteiger partial charge on any atom is -0.264 e. The average molecular weight is 456 g/mol. The second kappa shape index (κ2) is 7.37. The molecule has 0 unspecified atom stereocenters. The molecule has 36 heavy (non-hydrogen) atoms. The SMILES string of the molecule is c1ccc(-c2cc(-c3ccc4c5c(cccc35)-c3c-4ccc4ccccc34)cc3ccncc23)cc1. The van der Waals surface area contributed by atoms with Crippen LogP contribution in [0.3, 0.4) is 0 Å². The number of benzene rings is 6. The molecule has 1 nitrogen and oxygen atoms in total. The first-order valence-corrected chi connectivity index (χ1v) is 12.4. The zero-order chi connectivity index (χ0) is 23.6. The summed E-state index contributed by atoms with van der Waals surface area (Å²) < 4.78 is 0. The summed E-state index contributed by atoms with van der Waals surface area (Å²) in [4.78, 5) is 4.43. The van der Waals surface area contributed by atoms with Crippen LogP contribution < -0.4 is 0 Å². The molecule has 0 saturated carbocycles. The van der Waals surface area contributed by atoms with Crippen LogP contribution in [0.25, 0.3) is 76.8 Å². The number of nitrogens with zero attached hydrogens (tertiary/aromatic N) is 1. The number of pyridine rings is 1. The summed E-state index contributed by atoms with van der Waals surface area (Å²) in [6.45, 7) is 0. The van der Waals surface area contributed by atoms with Crippen molar-refractivity contribution in [2.24, 2.45) is 0 Å². The standard InChI is InChI=1S/C35H21N/c1-2-7-22(8-3-1)32-20-25(19-24-17-18-36-21-33(24)32)26-15-16-30-29-14-13-23-9-4-5-10-27(23)34(29)31-12-6-11-28(26)35(30)31/h1-21H. The van der Waals surface area contributed by atoms with Crippen LogP contribution in [0.2, 0.25) is 0 Å². The van der Waals surface area contributed by atoms with E-state index in [0.717, 1.165) is 0 Å². The number of hydrogen-bond acceptors (Lipinski definition) is 1. The third kappa shape index (κ3) is 2.68. The van der Waals surface area contributed by atoms with Crippen molar-refractivity contribution in [2.75, 3.05) is 0 Å². The van der Waals surface area contributed by atoms with Gasteiger partial charge in [-0.25, -0.2) is 0 Å². The van der Waals surface area contributed by atoms with E-state index < -0.39 is 0 Å². The van der Waals surface area contributed by atoms with Gasteiger partial charge < -0.3 is 0 Å². The molecule has 166 valence electrons. The Morgan fingerprint density at radius 3 is 2.17 bits per heavy atom. The molecular formula is C35H21N. The predicted molar refractivity (Wildman–Crippen MR) is 152 cm³/mol. The van der Waals surface area contributed by atoms with E-state index in [1.807, 2.05) is 12.4 Å². The first kappa shape index (κ1) is 19.5. The summed E-state index contributed by atoms with van der Waals surface area (Å²) >= 11 is 0. The van der Waals surface area contributed by atoms with E-state index in [2.05, 4.69) is 120 Å². The molecule has 0 fully saturated rings. The van der Waals surface area contributed by atoms with Crippen LogP contribution in [-0.4, -0.2) is 4.98 Å². The molecule has 0 saturated heterocycles. The summed E-state index contributed by atoms with van der Waals surface area (Å²) in [5.41, 5.74) is 10.3. The van der Waals surface area contributed by atoms with E-state index in [4.69, 9.17) is 0 Å². The van der Waals surface area contributed by atoms with Gasteiger partial charge in [-0.15, -0.1) is 0 Å². The molecular weight excluding hydrogens is 434 g/mol. The highest BCUT2D eigenvalue weighted by Gasteiger charge is 2.24. The van der Waals surface area contributed by atoms with Crippen LogP contribution in [0.5, 0.6) is 0 Å². The zero-order valence-corrected chi connectivity index (χ0v) is 19.6. The van der Waals surface area contributed by atoms with Crippen molar-refractivity contribution in [1.29, 1.82) is 0 Å². The highest BCUT2D eigenvalue weighted by Crippen LogP contribution is 2.52. The molecule has 0 radical (unpaired) electrons. The van der Waals surface area contributed by atoms with Gasteiger partial charge in [-0.2, -0.15) is 0 Å². The van der Waals surface area contributed by atoms with Gasteiger partial charge in [0.25, 0.3) is 0 Å². The maximum absolute atomic E-state index is 4.43. The molecule has 1 heterocycles. The molecule has 0 amide bonds. The van der Waals surface area contributed by atoms with E-state index in [-0.39, 0.29) is 0 Å². The van der Waals surface area contributed by atoms with Crippen molar-refractivity contribution in [2.45, 2.75) is 0 Å². The molecule has 1 aliphatic rings. The van der Waals surface area contributed by atoms with E-state index in [9.17, 15) is 0 Å². The Morgan fingerprint density at radius 2 is 1.22 bits per heavy atom. The largest absolute Gasteiger partial charge is 0.264 e. The fourth-order valence-electron chi connectivity index (χ4n) is 6.09. The van der Waals surface area contributed by atoms with Crippen LogP contribution >= 0.6 is 0 Å². The summed E-state index contributed by atoms with van der Waals surface area (Å²) in [6.07, 6.45) is 3.87. The molecule has 6 aromatic carbocycles. The molecule has 1 heteroatoms. The Balaban J connectivity index is 1.43.